The first kappa shape index (κ1) is 16.3. The molecule has 26 heavy (non-hydrogen) atoms. The number of rotatable bonds is 5. The van der Waals surface area contributed by atoms with Crippen LogP contribution in [0.15, 0.2) is 53.9 Å². The molecule has 0 radical (unpaired) electrons. The van der Waals surface area contributed by atoms with Crippen LogP contribution in [-0.4, -0.2) is 33.8 Å². The molecule has 0 aliphatic heterocycles. The second-order valence-corrected chi connectivity index (χ2v) is 6.48. The van der Waals surface area contributed by atoms with Crippen LogP contribution >= 0.6 is 0 Å². The van der Waals surface area contributed by atoms with Gasteiger partial charge in [0.2, 0.25) is 5.95 Å². The monoisotopic (exact) mass is 346 g/mol. The van der Waals surface area contributed by atoms with E-state index in [1.165, 1.54) is 11.1 Å². The number of allylic oxidation sites excluding steroid dienone is 2. The Morgan fingerprint density at radius 1 is 1.15 bits per heavy atom. The number of hydrogen-bond donors (Lipinski definition) is 3. The van der Waals surface area contributed by atoms with Crippen LogP contribution in [0.5, 0.6) is 0 Å². The predicted octanol–water partition coefficient (Wildman–Crippen LogP) is 4.14. The minimum Gasteiger partial charge on any atom is -0.371 e. The predicted molar refractivity (Wildman–Crippen MR) is 106 cm³/mol. The fourth-order valence-corrected chi connectivity index (χ4v) is 3.17. The Bertz CT molecular complexity index is 981. The van der Waals surface area contributed by atoms with Crippen LogP contribution in [0.3, 0.4) is 0 Å². The van der Waals surface area contributed by atoms with Crippen molar-refractivity contribution < 1.29 is 0 Å². The molecule has 1 aliphatic carbocycles. The van der Waals surface area contributed by atoms with Gasteiger partial charge in [-0.25, -0.2) is 9.97 Å². The molecule has 0 atom stereocenters. The third-order valence-electron chi connectivity index (χ3n) is 4.77. The van der Waals surface area contributed by atoms with E-state index in [1.54, 1.807) is 0 Å². The maximum Gasteiger partial charge on any atom is 0.222 e. The third-order valence-corrected chi connectivity index (χ3v) is 4.77. The number of fused-ring (bicyclic) bond motifs is 1. The molecule has 6 heteroatoms. The fourth-order valence-electron chi connectivity index (χ4n) is 3.17. The van der Waals surface area contributed by atoms with Gasteiger partial charge in [-0.2, -0.15) is 5.10 Å². The van der Waals surface area contributed by atoms with Gasteiger partial charge in [0.15, 0.2) is 5.82 Å². The zero-order valence-corrected chi connectivity index (χ0v) is 15.0. The highest BCUT2D eigenvalue weighted by atomic mass is 15.2. The number of H-pyrrole nitrogens is 1. The summed E-state index contributed by atoms with van der Waals surface area (Å²) in [5.74, 6) is 1.50. The van der Waals surface area contributed by atoms with Crippen molar-refractivity contribution in [2.75, 3.05) is 24.2 Å². The summed E-state index contributed by atoms with van der Waals surface area (Å²) < 4.78 is 0. The molecular weight excluding hydrogens is 324 g/mol. The molecule has 1 aliphatic rings. The Morgan fingerprint density at radius 2 is 2.00 bits per heavy atom. The van der Waals surface area contributed by atoms with Gasteiger partial charge in [0.05, 0.1) is 5.52 Å². The van der Waals surface area contributed by atoms with Gasteiger partial charge in [0, 0.05) is 36.9 Å². The molecular formula is C20H22N6. The summed E-state index contributed by atoms with van der Waals surface area (Å²) in [6.07, 6.45) is 10.4. The van der Waals surface area contributed by atoms with Crippen molar-refractivity contribution in [3.63, 3.8) is 0 Å². The van der Waals surface area contributed by atoms with Crippen molar-refractivity contribution in [1.29, 1.82) is 0 Å². The topological polar surface area (TPSA) is 78.5 Å². The van der Waals surface area contributed by atoms with E-state index in [0.29, 0.717) is 5.95 Å². The molecule has 0 spiro atoms. The smallest absolute Gasteiger partial charge is 0.222 e. The van der Waals surface area contributed by atoms with E-state index < -0.39 is 0 Å². The number of aromatic nitrogens is 4. The van der Waals surface area contributed by atoms with Gasteiger partial charge in [-0.3, -0.25) is 5.10 Å². The standard InChI is InChI=1S/C20H22N6/c1-13-5-3-4-6-15(13)10-22-20-23-11-16(12-24-20)14-7-8-17-18(9-14)25-26-19(17)21-2/h4,6-9,11-12H,3,5,10H2,1-2H3,(H2,21,25,26)(H,22,23,24). The van der Waals surface area contributed by atoms with Crippen LogP contribution in [0, 0.1) is 0 Å². The second kappa shape index (κ2) is 7.00. The van der Waals surface area contributed by atoms with E-state index in [1.807, 2.05) is 19.4 Å². The van der Waals surface area contributed by atoms with Crippen molar-refractivity contribution in [2.24, 2.45) is 0 Å². The maximum absolute atomic E-state index is 4.46. The number of nitrogens with zero attached hydrogens (tertiary/aromatic N) is 3. The molecule has 3 N–H and O–H groups in total. The highest BCUT2D eigenvalue weighted by Gasteiger charge is 2.08. The third kappa shape index (κ3) is 3.18. The highest BCUT2D eigenvalue weighted by molar-refractivity contribution is 5.92. The lowest BCUT2D eigenvalue weighted by Crippen LogP contribution is -2.09. The minimum atomic E-state index is 0.646. The molecule has 0 fully saturated rings. The molecule has 0 saturated carbocycles. The molecule has 0 unspecified atom stereocenters. The number of nitrogens with one attached hydrogen (secondary N) is 3. The summed E-state index contributed by atoms with van der Waals surface area (Å²) in [4.78, 5) is 8.92. The maximum atomic E-state index is 4.46. The van der Waals surface area contributed by atoms with Gasteiger partial charge in [0.1, 0.15) is 0 Å². The van der Waals surface area contributed by atoms with E-state index in [9.17, 15) is 0 Å². The first-order valence-corrected chi connectivity index (χ1v) is 8.82. The van der Waals surface area contributed by atoms with Crippen LogP contribution in [0.1, 0.15) is 19.8 Å². The number of anilines is 2. The van der Waals surface area contributed by atoms with Crippen molar-refractivity contribution >= 4 is 22.7 Å². The molecule has 1 aromatic carbocycles. The van der Waals surface area contributed by atoms with Crippen LogP contribution in [0.25, 0.3) is 22.0 Å². The molecule has 0 saturated heterocycles. The largest absolute Gasteiger partial charge is 0.371 e. The van der Waals surface area contributed by atoms with Gasteiger partial charge in [-0.05, 0) is 43.0 Å². The average Bonchev–Trinajstić information content (AvgIpc) is 3.10. The Hall–Kier alpha value is -3.15. The van der Waals surface area contributed by atoms with Gasteiger partial charge < -0.3 is 10.6 Å². The number of aromatic amines is 1. The van der Waals surface area contributed by atoms with E-state index in [4.69, 9.17) is 0 Å². The molecule has 6 nitrogen and oxygen atoms in total. The van der Waals surface area contributed by atoms with Crippen LogP contribution in [0.4, 0.5) is 11.8 Å². The second-order valence-electron chi connectivity index (χ2n) is 6.48. The lowest BCUT2D eigenvalue weighted by molar-refractivity contribution is 0.926. The molecule has 2 heterocycles. The SMILES string of the molecule is CNc1n[nH]c2cc(-c3cnc(NCC4=C(C)CCC=C4)nc3)ccc12. The molecule has 0 amide bonds. The molecule has 132 valence electrons. The summed E-state index contributed by atoms with van der Waals surface area (Å²) in [7, 11) is 1.86. The van der Waals surface area contributed by atoms with Gasteiger partial charge in [-0.1, -0.05) is 23.8 Å². The lowest BCUT2D eigenvalue weighted by Gasteiger charge is -2.13. The first-order chi connectivity index (χ1) is 12.7. The summed E-state index contributed by atoms with van der Waals surface area (Å²) in [6, 6.07) is 6.18. The van der Waals surface area contributed by atoms with Crippen LogP contribution in [-0.2, 0) is 0 Å². The Morgan fingerprint density at radius 3 is 2.77 bits per heavy atom. The fraction of sp³-hybridized carbons (Fsp3) is 0.250. The number of benzene rings is 1. The van der Waals surface area contributed by atoms with Crippen LogP contribution in [0.2, 0.25) is 0 Å². The van der Waals surface area contributed by atoms with Gasteiger partial charge in [-0.15, -0.1) is 0 Å². The van der Waals surface area contributed by atoms with Crippen molar-refractivity contribution in [2.45, 2.75) is 19.8 Å². The molecule has 0 bridgehead atoms. The Kier molecular flexibility index (Phi) is 4.39. The summed E-state index contributed by atoms with van der Waals surface area (Å²) in [5.41, 5.74) is 5.79. The van der Waals surface area contributed by atoms with Gasteiger partial charge >= 0.3 is 0 Å². The Labute approximate surface area is 152 Å². The van der Waals surface area contributed by atoms with E-state index in [-0.39, 0.29) is 0 Å². The van der Waals surface area contributed by atoms with Crippen molar-refractivity contribution in [1.82, 2.24) is 20.2 Å². The highest BCUT2D eigenvalue weighted by Crippen LogP contribution is 2.26. The molecule has 4 rings (SSSR count). The summed E-state index contributed by atoms with van der Waals surface area (Å²) in [5, 5.41) is 14.7. The summed E-state index contributed by atoms with van der Waals surface area (Å²) in [6.45, 7) is 2.95. The lowest BCUT2D eigenvalue weighted by atomic mass is 9.99. The van der Waals surface area contributed by atoms with Crippen molar-refractivity contribution in [3.05, 3.63) is 53.9 Å². The minimum absolute atomic E-state index is 0.646. The quantitative estimate of drug-likeness (QED) is 0.647. The molecule has 2 aromatic heterocycles. The zero-order valence-electron chi connectivity index (χ0n) is 15.0. The summed E-state index contributed by atoms with van der Waals surface area (Å²) >= 11 is 0. The zero-order chi connectivity index (χ0) is 17.9. The van der Waals surface area contributed by atoms with E-state index in [2.05, 4.69) is 68.1 Å². The first-order valence-electron chi connectivity index (χ1n) is 8.82. The van der Waals surface area contributed by atoms with Gasteiger partial charge in [0.25, 0.3) is 0 Å². The normalized spacial score (nSPS) is 14.1. The van der Waals surface area contributed by atoms with Crippen LogP contribution < -0.4 is 10.6 Å². The van der Waals surface area contributed by atoms with Crippen molar-refractivity contribution in [3.8, 4) is 11.1 Å². The molecule has 3 aromatic rings. The average molecular weight is 346 g/mol. The van der Waals surface area contributed by atoms with E-state index >= 15 is 0 Å². The Balaban J connectivity index is 1.50. The number of hydrogen-bond acceptors (Lipinski definition) is 5. The van der Waals surface area contributed by atoms with E-state index in [0.717, 1.165) is 47.2 Å².